The molecule has 0 unspecified atom stereocenters. The fourth-order valence-electron chi connectivity index (χ4n) is 3.04. The van der Waals surface area contributed by atoms with Gasteiger partial charge in [0.2, 0.25) is 21.7 Å². The predicted molar refractivity (Wildman–Crippen MR) is 96.2 cm³/mol. The van der Waals surface area contributed by atoms with Crippen LogP contribution in [-0.2, 0) is 0 Å². The Morgan fingerprint density at radius 1 is 0.840 bits per heavy atom. The van der Waals surface area contributed by atoms with Crippen molar-refractivity contribution in [1.29, 1.82) is 0 Å². The summed E-state index contributed by atoms with van der Waals surface area (Å²) in [7, 11) is 0. The lowest BCUT2D eigenvalue weighted by atomic mass is 10.1. The molecule has 4 nitrogen and oxygen atoms in total. The van der Waals surface area contributed by atoms with Crippen LogP contribution in [0.25, 0.3) is 21.5 Å². The third kappa shape index (κ3) is 2.09. The van der Waals surface area contributed by atoms with Crippen LogP contribution in [0.3, 0.4) is 0 Å². The van der Waals surface area contributed by atoms with Gasteiger partial charge in [-0.15, -0.1) is 0 Å². The van der Waals surface area contributed by atoms with Crippen molar-refractivity contribution in [1.82, 2.24) is 0 Å². The number of phenolic OH excluding ortho intramolecular Hbond substituents is 1. The van der Waals surface area contributed by atoms with Crippen LogP contribution in [0.15, 0.2) is 78.4 Å². The molecule has 0 radical (unpaired) electrons. The van der Waals surface area contributed by atoms with Crippen molar-refractivity contribution in [2.24, 2.45) is 0 Å². The molecule has 25 heavy (non-hydrogen) atoms. The van der Waals surface area contributed by atoms with Crippen molar-refractivity contribution >= 4 is 33.3 Å². The molecule has 0 atom stereocenters. The van der Waals surface area contributed by atoms with Crippen LogP contribution < -0.4 is 10.9 Å². The van der Waals surface area contributed by atoms with E-state index < -0.39 is 5.43 Å². The molecule has 0 bridgehead atoms. The first-order chi connectivity index (χ1) is 12.1. The Kier molecular flexibility index (Phi) is 2.85. The lowest BCUT2D eigenvalue weighted by molar-refractivity contribution is 0.469. The SMILES string of the molecule is O=c1c2oc=2c(=O)c2c(O)c(Sc3ccc4ccccc4c3)ccc12. The number of benzene rings is 3. The third-order valence-corrected chi connectivity index (χ3v) is 5.38. The van der Waals surface area contributed by atoms with Gasteiger partial charge in [0, 0.05) is 10.3 Å². The van der Waals surface area contributed by atoms with E-state index in [2.05, 4.69) is 0 Å². The van der Waals surface area contributed by atoms with Gasteiger partial charge in [0.1, 0.15) is 5.75 Å². The quantitative estimate of drug-likeness (QED) is 0.527. The van der Waals surface area contributed by atoms with Crippen molar-refractivity contribution in [3.8, 4) is 5.75 Å². The Labute approximate surface area is 144 Å². The molecule has 1 N–H and O–H groups in total. The standard InChI is InChI=1S/C20H10O4S/c21-16-13-7-8-14(17(22)15(13)18(23)20-19(16)24-20)25-12-6-5-10-3-1-2-4-11(10)9-12/h1-9,22H. The molecule has 0 spiro atoms. The molecule has 0 amide bonds. The van der Waals surface area contributed by atoms with Crippen LogP contribution in [0.2, 0.25) is 0 Å². The minimum atomic E-state index is -0.428. The summed E-state index contributed by atoms with van der Waals surface area (Å²) in [5.74, 6) is -0.170. The molecule has 0 aromatic heterocycles. The molecule has 5 rings (SSSR count). The summed E-state index contributed by atoms with van der Waals surface area (Å²) < 4.78 is 4.96. The summed E-state index contributed by atoms with van der Waals surface area (Å²) >= 11 is 1.35. The minimum absolute atomic E-state index is 0.0343. The van der Waals surface area contributed by atoms with Crippen molar-refractivity contribution in [3.05, 3.63) is 85.9 Å². The van der Waals surface area contributed by atoms with Crippen molar-refractivity contribution in [2.75, 3.05) is 0 Å². The molecule has 0 fully saturated rings. The van der Waals surface area contributed by atoms with Gasteiger partial charge in [-0.1, -0.05) is 42.1 Å². The number of hydrogen-bond acceptors (Lipinski definition) is 5. The van der Waals surface area contributed by atoms with Crippen LogP contribution in [-0.4, -0.2) is 5.11 Å². The smallest absolute Gasteiger partial charge is 0.236 e. The van der Waals surface area contributed by atoms with Gasteiger partial charge in [-0.2, -0.15) is 0 Å². The summed E-state index contributed by atoms with van der Waals surface area (Å²) in [4.78, 5) is 25.9. The number of hydrogen-bond donors (Lipinski definition) is 1. The summed E-state index contributed by atoms with van der Waals surface area (Å²) in [6.07, 6.45) is 0. The van der Waals surface area contributed by atoms with Crippen LogP contribution in [0.5, 0.6) is 5.75 Å². The van der Waals surface area contributed by atoms with Crippen LogP contribution in [0, 0.1) is 10.8 Å². The lowest BCUT2D eigenvalue weighted by Crippen LogP contribution is -2.08. The van der Waals surface area contributed by atoms with E-state index in [0.29, 0.717) is 4.90 Å². The van der Waals surface area contributed by atoms with E-state index in [1.165, 1.54) is 11.8 Å². The number of phenols is 1. The van der Waals surface area contributed by atoms with E-state index in [0.717, 1.165) is 15.7 Å². The molecule has 3 aromatic carbocycles. The Hall–Kier alpha value is -3.05. The maximum absolute atomic E-state index is 12.3. The Morgan fingerprint density at radius 2 is 1.60 bits per heavy atom. The maximum Gasteiger partial charge on any atom is 0.236 e. The van der Waals surface area contributed by atoms with Gasteiger partial charge >= 0.3 is 0 Å². The van der Waals surface area contributed by atoms with Crippen molar-refractivity contribution in [3.63, 3.8) is 0 Å². The molecule has 1 aliphatic heterocycles. The monoisotopic (exact) mass is 346 g/mol. The first-order valence-corrected chi connectivity index (χ1v) is 8.49. The Bertz CT molecular complexity index is 1420. The predicted octanol–water partition coefficient (Wildman–Crippen LogP) is 3.76. The first-order valence-electron chi connectivity index (χ1n) is 7.67. The highest BCUT2D eigenvalue weighted by atomic mass is 32.2. The molecule has 120 valence electrons. The van der Waals surface area contributed by atoms with Crippen molar-refractivity contribution in [2.45, 2.75) is 9.79 Å². The minimum Gasteiger partial charge on any atom is -0.506 e. The second kappa shape index (κ2) is 4.97. The molecule has 1 heterocycles. The molecular formula is C20H10O4S. The van der Waals surface area contributed by atoms with E-state index in [4.69, 9.17) is 4.42 Å². The van der Waals surface area contributed by atoms with Gasteiger partial charge in [-0.05, 0) is 35.0 Å². The number of fused-ring (bicyclic) bond motifs is 2. The average molecular weight is 346 g/mol. The largest absolute Gasteiger partial charge is 0.506 e. The molecular weight excluding hydrogens is 336 g/mol. The van der Waals surface area contributed by atoms with E-state index in [1.54, 1.807) is 12.1 Å². The normalized spacial score (nSPS) is 11.8. The summed E-state index contributed by atoms with van der Waals surface area (Å²) in [6.45, 7) is 0. The van der Waals surface area contributed by atoms with Gasteiger partial charge in [-0.3, -0.25) is 9.59 Å². The summed E-state index contributed by atoms with van der Waals surface area (Å²) in [5, 5.41) is 13.0. The molecule has 5 heteroatoms. The van der Waals surface area contributed by atoms with Crippen LogP contribution in [0.4, 0.5) is 0 Å². The molecule has 0 saturated carbocycles. The van der Waals surface area contributed by atoms with Gasteiger partial charge in [0.25, 0.3) is 0 Å². The highest BCUT2D eigenvalue weighted by Gasteiger charge is 2.21. The zero-order chi connectivity index (χ0) is 17.1. The van der Waals surface area contributed by atoms with E-state index in [-0.39, 0.29) is 32.8 Å². The fraction of sp³-hybridized carbons (Fsp3) is 0. The van der Waals surface area contributed by atoms with Gasteiger partial charge < -0.3 is 9.52 Å². The van der Waals surface area contributed by atoms with E-state index >= 15 is 0 Å². The van der Waals surface area contributed by atoms with E-state index in [9.17, 15) is 14.7 Å². The number of rotatable bonds is 2. The highest BCUT2D eigenvalue weighted by molar-refractivity contribution is 7.99. The maximum atomic E-state index is 12.3. The van der Waals surface area contributed by atoms with Crippen LogP contribution >= 0.6 is 11.8 Å². The molecule has 2 aliphatic rings. The topological polar surface area (TPSA) is 67.5 Å². The second-order valence-electron chi connectivity index (χ2n) is 5.86. The summed E-state index contributed by atoms with van der Waals surface area (Å²) in [6, 6.07) is 17.2. The lowest BCUT2D eigenvalue weighted by Gasteiger charge is -2.07. The number of aromatic hydroxyl groups is 1. The van der Waals surface area contributed by atoms with Crippen LogP contribution in [0.1, 0.15) is 0 Å². The molecule has 1 aliphatic carbocycles. The molecule has 3 aromatic rings. The second-order valence-corrected chi connectivity index (χ2v) is 6.98. The Morgan fingerprint density at radius 3 is 2.44 bits per heavy atom. The Balaban J connectivity index is 1.67. The van der Waals surface area contributed by atoms with Gasteiger partial charge in [0.05, 0.1) is 10.3 Å². The van der Waals surface area contributed by atoms with Gasteiger partial charge in [-0.25, -0.2) is 0 Å². The third-order valence-electron chi connectivity index (χ3n) is 4.34. The zero-order valence-electron chi connectivity index (χ0n) is 12.8. The van der Waals surface area contributed by atoms with E-state index in [1.807, 2.05) is 42.5 Å². The summed E-state index contributed by atoms with van der Waals surface area (Å²) in [5.41, 5.74) is -0.613. The highest BCUT2D eigenvalue weighted by Crippen LogP contribution is 2.38. The van der Waals surface area contributed by atoms with Gasteiger partial charge in [0.15, 0.2) is 0 Å². The first kappa shape index (κ1) is 14.3. The zero-order valence-corrected chi connectivity index (χ0v) is 13.6. The fourth-order valence-corrected chi connectivity index (χ4v) is 3.95. The molecule has 0 saturated heterocycles. The van der Waals surface area contributed by atoms with Crippen molar-refractivity contribution < 1.29 is 9.52 Å². The average Bonchev–Trinajstić information content (AvgIpc) is 3.43.